The zero-order valence-electron chi connectivity index (χ0n) is 7.39. The van der Waals surface area contributed by atoms with Crippen LogP contribution in [0.4, 0.5) is 0 Å². The van der Waals surface area contributed by atoms with Crippen molar-refractivity contribution in [2.75, 3.05) is 0 Å². The molecule has 2 aliphatic carbocycles. The molecule has 68 valence electrons. The van der Waals surface area contributed by atoms with E-state index in [2.05, 4.69) is 34.1 Å². The van der Waals surface area contributed by atoms with Gasteiger partial charge in [-0.25, -0.2) is 0 Å². The SMILES string of the molecule is NC1c2cccc(Br)c2CC12CC2. The first kappa shape index (κ1) is 8.01. The molecule has 1 aromatic rings. The third-order valence-electron chi connectivity index (χ3n) is 3.57. The van der Waals surface area contributed by atoms with Crippen LogP contribution in [0.15, 0.2) is 22.7 Å². The summed E-state index contributed by atoms with van der Waals surface area (Å²) in [6.45, 7) is 0. The smallest absolute Gasteiger partial charge is 0.0358 e. The highest BCUT2D eigenvalue weighted by Gasteiger charge is 2.53. The van der Waals surface area contributed by atoms with Crippen LogP contribution >= 0.6 is 15.9 Å². The van der Waals surface area contributed by atoms with Crippen molar-refractivity contribution in [2.45, 2.75) is 25.3 Å². The standard InChI is InChI=1S/C11H12BrN/c12-9-3-1-2-7-8(9)6-11(4-5-11)10(7)13/h1-3,10H,4-6,13H2. The van der Waals surface area contributed by atoms with Crippen molar-refractivity contribution in [2.24, 2.45) is 11.1 Å². The van der Waals surface area contributed by atoms with Crippen LogP contribution in [0.3, 0.4) is 0 Å². The van der Waals surface area contributed by atoms with Gasteiger partial charge in [0.05, 0.1) is 0 Å². The topological polar surface area (TPSA) is 26.0 Å². The molecule has 3 rings (SSSR count). The first-order valence-electron chi connectivity index (χ1n) is 4.76. The average Bonchev–Trinajstić information content (AvgIpc) is 2.82. The highest BCUT2D eigenvalue weighted by Crippen LogP contribution is 2.61. The summed E-state index contributed by atoms with van der Waals surface area (Å²) in [6.07, 6.45) is 3.81. The number of nitrogens with two attached hydrogens (primary N) is 1. The van der Waals surface area contributed by atoms with Crippen LogP contribution in [0, 0.1) is 5.41 Å². The summed E-state index contributed by atoms with van der Waals surface area (Å²) in [6, 6.07) is 6.68. The molecule has 1 unspecified atom stereocenters. The molecule has 1 spiro atoms. The zero-order chi connectivity index (χ0) is 9.05. The Bertz CT molecular complexity index is 368. The molecule has 2 heteroatoms. The number of benzene rings is 1. The van der Waals surface area contributed by atoms with Gasteiger partial charge in [0, 0.05) is 10.5 Å². The van der Waals surface area contributed by atoms with E-state index in [-0.39, 0.29) is 0 Å². The molecule has 1 fully saturated rings. The molecule has 1 saturated carbocycles. The summed E-state index contributed by atoms with van der Waals surface area (Å²) in [4.78, 5) is 0. The summed E-state index contributed by atoms with van der Waals surface area (Å²) in [5.41, 5.74) is 9.50. The van der Waals surface area contributed by atoms with Crippen LogP contribution in [0.2, 0.25) is 0 Å². The molecule has 0 heterocycles. The van der Waals surface area contributed by atoms with Gasteiger partial charge in [-0.2, -0.15) is 0 Å². The Morgan fingerprint density at radius 3 is 2.77 bits per heavy atom. The summed E-state index contributed by atoms with van der Waals surface area (Å²) in [5.74, 6) is 0. The summed E-state index contributed by atoms with van der Waals surface area (Å²) < 4.78 is 1.24. The maximum absolute atomic E-state index is 6.23. The molecule has 13 heavy (non-hydrogen) atoms. The van der Waals surface area contributed by atoms with Crippen molar-refractivity contribution in [1.82, 2.24) is 0 Å². The number of hydrogen-bond acceptors (Lipinski definition) is 1. The van der Waals surface area contributed by atoms with Crippen molar-refractivity contribution in [3.63, 3.8) is 0 Å². The molecule has 1 atom stereocenters. The molecule has 0 amide bonds. The van der Waals surface area contributed by atoms with E-state index in [0.29, 0.717) is 11.5 Å². The second-order valence-electron chi connectivity index (χ2n) is 4.32. The van der Waals surface area contributed by atoms with Crippen molar-refractivity contribution in [1.29, 1.82) is 0 Å². The molecule has 2 aliphatic rings. The molecule has 1 nitrogen and oxygen atoms in total. The van der Waals surface area contributed by atoms with E-state index >= 15 is 0 Å². The second-order valence-corrected chi connectivity index (χ2v) is 5.18. The normalized spacial score (nSPS) is 27.7. The predicted molar refractivity (Wildman–Crippen MR) is 56.4 cm³/mol. The van der Waals surface area contributed by atoms with Gasteiger partial charge in [-0.3, -0.25) is 0 Å². The Hall–Kier alpha value is -0.340. The largest absolute Gasteiger partial charge is 0.323 e. The lowest BCUT2D eigenvalue weighted by Crippen LogP contribution is -2.17. The van der Waals surface area contributed by atoms with Crippen LogP contribution in [0.25, 0.3) is 0 Å². The van der Waals surface area contributed by atoms with Gasteiger partial charge in [0.1, 0.15) is 0 Å². The Kier molecular flexibility index (Phi) is 1.46. The van der Waals surface area contributed by atoms with Crippen LogP contribution in [-0.4, -0.2) is 0 Å². The minimum Gasteiger partial charge on any atom is -0.323 e. The average molecular weight is 238 g/mol. The van der Waals surface area contributed by atoms with Gasteiger partial charge >= 0.3 is 0 Å². The van der Waals surface area contributed by atoms with E-state index in [4.69, 9.17) is 5.73 Å². The molecule has 2 N–H and O–H groups in total. The fourth-order valence-corrected chi connectivity index (χ4v) is 3.02. The highest BCUT2D eigenvalue weighted by atomic mass is 79.9. The molecule has 0 saturated heterocycles. The molecule has 0 aliphatic heterocycles. The van der Waals surface area contributed by atoms with Crippen molar-refractivity contribution < 1.29 is 0 Å². The van der Waals surface area contributed by atoms with Crippen LogP contribution in [-0.2, 0) is 6.42 Å². The first-order chi connectivity index (χ1) is 6.23. The van der Waals surface area contributed by atoms with E-state index in [9.17, 15) is 0 Å². The molecule has 1 aromatic carbocycles. The monoisotopic (exact) mass is 237 g/mol. The van der Waals surface area contributed by atoms with Gasteiger partial charge in [-0.05, 0) is 41.9 Å². The first-order valence-corrected chi connectivity index (χ1v) is 5.55. The third-order valence-corrected chi connectivity index (χ3v) is 4.31. The van der Waals surface area contributed by atoms with E-state index < -0.39 is 0 Å². The minimum atomic E-state index is 0.292. The molecule has 0 radical (unpaired) electrons. The zero-order valence-corrected chi connectivity index (χ0v) is 8.97. The Labute approximate surface area is 86.5 Å². The van der Waals surface area contributed by atoms with Gasteiger partial charge in [0.15, 0.2) is 0 Å². The van der Waals surface area contributed by atoms with Gasteiger partial charge in [-0.1, -0.05) is 28.1 Å². The second kappa shape index (κ2) is 2.37. The number of rotatable bonds is 0. The fraction of sp³-hybridized carbons (Fsp3) is 0.455. The number of hydrogen-bond donors (Lipinski definition) is 1. The maximum atomic E-state index is 6.23. The predicted octanol–water partition coefficient (Wildman–Crippen LogP) is 2.79. The van der Waals surface area contributed by atoms with Crippen molar-refractivity contribution in [3.05, 3.63) is 33.8 Å². The summed E-state index contributed by atoms with van der Waals surface area (Å²) in [7, 11) is 0. The third kappa shape index (κ3) is 0.960. The van der Waals surface area contributed by atoms with Crippen LogP contribution < -0.4 is 5.73 Å². The van der Waals surface area contributed by atoms with E-state index in [1.807, 2.05) is 0 Å². The minimum absolute atomic E-state index is 0.292. The quantitative estimate of drug-likeness (QED) is 0.738. The lowest BCUT2D eigenvalue weighted by Gasteiger charge is -2.12. The fourth-order valence-electron chi connectivity index (χ4n) is 2.49. The Balaban J connectivity index is 2.16. The van der Waals surface area contributed by atoms with E-state index in [1.54, 1.807) is 0 Å². The molecule has 0 bridgehead atoms. The molecular weight excluding hydrogens is 226 g/mol. The lowest BCUT2D eigenvalue weighted by molar-refractivity contribution is 0.446. The van der Waals surface area contributed by atoms with E-state index in [0.717, 1.165) is 0 Å². The van der Waals surface area contributed by atoms with Gasteiger partial charge in [0.25, 0.3) is 0 Å². The van der Waals surface area contributed by atoms with Crippen molar-refractivity contribution >= 4 is 15.9 Å². The van der Waals surface area contributed by atoms with Gasteiger partial charge < -0.3 is 5.73 Å². The number of halogens is 1. The van der Waals surface area contributed by atoms with Gasteiger partial charge in [-0.15, -0.1) is 0 Å². The van der Waals surface area contributed by atoms with Crippen LogP contribution in [0.5, 0.6) is 0 Å². The van der Waals surface area contributed by atoms with Crippen molar-refractivity contribution in [3.8, 4) is 0 Å². The lowest BCUT2D eigenvalue weighted by atomic mass is 9.99. The maximum Gasteiger partial charge on any atom is 0.0358 e. The molecule has 0 aromatic heterocycles. The van der Waals surface area contributed by atoms with Gasteiger partial charge in [0.2, 0.25) is 0 Å². The summed E-state index contributed by atoms with van der Waals surface area (Å²) >= 11 is 3.60. The van der Waals surface area contributed by atoms with Crippen LogP contribution in [0.1, 0.15) is 30.0 Å². The Morgan fingerprint density at radius 2 is 2.15 bits per heavy atom. The highest BCUT2D eigenvalue weighted by molar-refractivity contribution is 9.10. The summed E-state index contributed by atoms with van der Waals surface area (Å²) in [5, 5.41) is 0. The van der Waals surface area contributed by atoms with E-state index in [1.165, 1.54) is 34.9 Å². The Morgan fingerprint density at radius 1 is 1.38 bits per heavy atom. The molecular formula is C11H12BrN. The number of fused-ring (bicyclic) bond motifs is 1.